The number of rotatable bonds is 4. The Morgan fingerprint density at radius 3 is 2.50 bits per heavy atom. The summed E-state index contributed by atoms with van der Waals surface area (Å²) in [7, 11) is 1.53. The minimum atomic E-state index is -0.788. The fourth-order valence-corrected chi connectivity index (χ4v) is 2.18. The number of hydrogen-bond acceptors (Lipinski definition) is 4. The van der Waals surface area contributed by atoms with Gasteiger partial charge in [-0.2, -0.15) is 0 Å². The number of hydrogen-bond donors (Lipinski definition) is 2. The SMILES string of the molecule is COc1cccc(-c2cc(=O)[nH]c(Nc3c(F)cccc3F)n2)c1. The molecule has 0 aliphatic rings. The van der Waals surface area contributed by atoms with Crippen LogP contribution in [0.1, 0.15) is 0 Å². The second kappa shape index (κ2) is 6.49. The maximum Gasteiger partial charge on any atom is 0.252 e. The van der Waals surface area contributed by atoms with Crippen LogP contribution in [0.4, 0.5) is 20.4 Å². The van der Waals surface area contributed by atoms with Crippen LogP contribution in [0.5, 0.6) is 5.75 Å². The lowest BCUT2D eigenvalue weighted by Crippen LogP contribution is -2.11. The number of methoxy groups -OCH3 is 1. The zero-order valence-electron chi connectivity index (χ0n) is 12.6. The summed E-state index contributed by atoms with van der Waals surface area (Å²) in [5.74, 6) is -1.04. The van der Waals surface area contributed by atoms with Crippen LogP contribution in [0.3, 0.4) is 0 Å². The summed E-state index contributed by atoms with van der Waals surface area (Å²) >= 11 is 0. The molecule has 0 amide bonds. The highest BCUT2D eigenvalue weighted by atomic mass is 19.1. The number of benzene rings is 2. The van der Waals surface area contributed by atoms with E-state index < -0.39 is 17.2 Å². The molecule has 122 valence electrons. The normalized spacial score (nSPS) is 10.5. The van der Waals surface area contributed by atoms with Crippen LogP contribution in [0.15, 0.2) is 53.3 Å². The molecule has 0 unspecified atom stereocenters. The number of nitrogens with one attached hydrogen (secondary N) is 2. The van der Waals surface area contributed by atoms with Crippen molar-refractivity contribution in [1.82, 2.24) is 9.97 Å². The van der Waals surface area contributed by atoms with Crippen molar-refractivity contribution >= 4 is 11.6 Å². The molecule has 3 aromatic rings. The molecule has 0 spiro atoms. The van der Waals surface area contributed by atoms with Crippen LogP contribution in [-0.4, -0.2) is 17.1 Å². The van der Waals surface area contributed by atoms with Crippen molar-refractivity contribution in [1.29, 1.82) is 0 Å². The summed E-state index contributed by atoms with van der Waals surface area (Å²) in [5, 5.41) is 2.47. The predicted molar refractivity (Wildman–Crippen MR) is 86.5 cm³/mol. The third-order valence-electron chi connectivity index (χ3n) is 3.31. The Labute approximate surface area is 136 Å². The topological polar surface area (TPSA) is 67.0 Å². The summed E-state index contributed by atoms with van der Waals surface area (Å²) in [5.41, 5.74) is 0.139. The first-order chi connectivity index (χ1) is 11.6. The van der Waals surface area contributed by atoms with E-state index in [0.717, 1.165) is 12.1 Å². The molecule has 0 saturated carbocycles. The van der Waals surface area contributed by atoms with Crippen LogP contribution in [0.25, 0.3) is 11.3 Å². The minimum Gasteiger partial charge on any atom is -0.497 e. The predicted octanol–water partition coefficient (Wildman–Crippen LogP) is 3.47. The van der Waals surface area contributed by atoms with Crippen molar-refractivity contribution in [2.75, 3.05) is 12.4 Å². The molecule has 0 fully saturated rings. The minimum absolute atomic E-state index is 0.0654. The molecule has 7 heteroatoms. The van der Waals surface area contributed by atoms with Crippen molar-refractivity contribution < 1.29 is 13.5 Å². The summed E-state index contributed by atoms with van der Waals surface area (Å²) in [6, 6.07) is 11.7. The zero-order valence-corrected chi connectivity index (χ0v) is 12.6. The van der Waals surface area contributed by atoms with Crippen molar-refractivity contribution in [3.8, 4) is 17.0 Å². The van der Waals surface area contributed by atoms with Gasteiger partial charge >= 0.3 is 0 Å². The molecule has 1 heterocycles. The highest BCUT2D eigenvalue weighted by Gasteiger charge is 2.11. The molecular formula is C17H13F2N3O2. The third kappa shape index (κ3) is 3.24. The van der Waals surface area contributed by atoms with E-state index in [-0.39, 0.29) is 11.6 Å². The Balaban J connectivity index is 2.02. The smallest absolute Gasteiger partial charge is 0.252 e. The lowest BCUT2D eigenvalue weighted by molar-refractivity contribution is 0.415. The first-order valence-electron chi connectivity index (χ1n) is 7.03. The van der Waals surface area contributed by atoms with Gasteiger partial charge in [-0.15, -0.1) is 0 Å². The van der Waals surface area contributed by atoms with Crippen molar-refractivity contribution in [3.63, 3.8) is 0 Å². The van der Waals surface area contributed by atoms with E-state index in [9.17, 15) is 13.6 Å². The fourth-order valence-electron chi connectivity index (χ4n) is 2.18. The van der Waals surface area contributed by atoms with Crippen LogP contribution in [-0.2, 0) is 0 Å². The monoisotopic (exact) mass is 329 g/mol. The fraction of sp³-hybridized carbons (Fsp3) is 0.0588. The van der Waals surface area contributed by atoms with Gasteiger partial charge < -0.3 is 10.1 Å². The molecule has 0 saturated heterocycles. The van der Waals surface area contributed by atoms with Gasteiger partial charge in [-0.05, 0) is 24.3 Å². The highest BCUT2D eigenvalue weighted by molar-refractivity contribution is 5.63. The lowest BCUT2D eigenvalue weighted by atomic mass is 10.1. The number of aromatic amines is 1. The Bertz CT molecular complexity index is 921. The van der Waals surface area contributed by atoms with Gasteiger partial charge in [0.15, 0.2) is 0 Å². The van der Waals surface area contributed by atoms with Crippen molar-refractivity contribution in [2.45, 2.75) is 0 Å². The molecule has 0 aliphatic carbocycles. The van der Waals surface area contributed by atoms with E-state index in [0.29, 0.717) is 17.0 Å². The maximum absolute atomic E-state index is 13.7. The molecule has 0 aliphatic heterocycles. The number of halogens is 2. The molecule has 2 aromatic carbocycles. The molecule has 0 radical (unpaired) electrons. The van der Waals surface area contributed by atoms with E-state index in [2.05, 4.69) is 15.3 Å². The van der Waals surface area contributed by atoms with E-state index >= 15 is 0 Å². The van der Waals surface area contributed by atoms with Gasteiger partial charge in [-0.25, -0.2) is 13.8 Å². The second-order valence-corrected chi connectivity index (χ2v) is 4.93. The van der Waals surface area contributed by atoms with E-state index in [4.69, 9.17) is 4.74 Å². The summed E-state index contributed by atoms with van der Waals surface area (Å²) in [4.78, 5) is 18.5. The van der Waals surface area contributed by atoms with Crippen LogP contribution in [0.2, 0.25) is 0 Å². The first kappa shape index (κ1) is 15.7. The molecule has 2 N–H and O–H groups in total. The third-order valence-corrected chi connectivity index (χ3v) is 3.31. The van der Waals surface area contributed by atoms with E-state index in [1.54, 1.807) is 24.3 Å². The molecule has 0 bridgehead atoms. The first-order valence-corrected chi connectivity index (χ1v) is 7.03. The van der Waals surface area contributed by atoms with Gasteiger partial charge in [0, 0.05) is 11.6 Å². The van der Waals surface area contributed by atoms with Crippen molar-refractivity contribution in [2.24, 2.45) is 0 Å². The summed E-state index contributed by atoms with van der Waals surface area (Å²) < 4.78 is 32.6. The Hall–Kier alpha value is -3.22. The van der Waals surface area contributed by atoms with Crippen LogP contribution >= 0.6 is 0 Å². The van der Waals surface area contributed by atoms with Crippen molar-refractivity contribution in [3.05, 3.63) is 70.5 Å². The Morgan fingerprint density at radius 2 is 1.79 bits per heavy atom. The van der Waals surface area contributed by atoms with Gasteiger partial charge in [0.25, 0.3) is 5.56 Å². The number of aromatic nitrogens is 2. The van der Waals surface area contributed by atoms with Crippen LogP contribution in [0, 0.1) is 11.6 Å². The van der Waals surface area contributed by atoms with E-state index in [1.165, 1.54) is 19.2 Å². The number of nitrogens with zero attached hydrogens (tertiary/aromatic N) is 1. The summed E-state index contributed by atoms with van der Waals surface area (Å²) in [6.07, 6.45) is 0. The zero-order chi connectivity index (χ0) is 17.1. The second-order valence-electron chi connectivity index (χ2n) is 4.93. The number of H-pyrrole nitrogens is 1. The Morgan fingerprint density at radius 1 is 1.08 bits per heavy atom. The molecule has 24 heavy (non-hydrogen) atoms. The molecule has 3 rings (SSSR count). The van der Waals surface area contributed by atoms with E-state index in [1.807, 2.05) is 0 Å². The number of ether oxygens (including phenoxy) is 1. The quantitative estimate of drug-likeness (QED) is 0.769. The van der Waals surface area contributed by atoms with Gasteiger partial charge in [-0.3, -0.25) is 9.78 Å². The number of anilines is 2. The van der Waals surface area contributed by atoms with Gasteiger partial charge in [0.1, 0.15) is 23.1 Å². The van der Waals surface area contributed by atoms with Gasteiger partial charge in [0.05, 0.1) is 12.8 Å². The standard InChI is InChI=1S/C17H13F2N3O2/c1-24-11-5-2-4-10(8-11)14-9-15(23)21-17(20-14)22-16-12(18)6-3-7-13(16)19/h2-9H,1H3,(H2,20,21,22,23). The molecule has 1 aromatic heterocycles. The van der Waals surface area contributed by atoms with Gasteiger partial charge in [-0.1, -0.05) is 18.2 Å². The molecule has 5 nitrogen and oxygen atoms in total. The highest BCUT2D eigenvalue weighted by Crippen LogP contribution is 2.24. The molecule has 0 atom stereocenters. The number of para-hydroxylation sites is 1. The maximum atomic E-state index is 13.7. The molecular weight excluding hydrogens is 316 g/mol. The average molecular weight is 329 g/mol. The van der Waals surface area contributed by atoms with Crippen LogP contribution < -0.4 is 15.6 Å². The van der Waals surface area contributed by atoms with Gasteiger partial charge in [0.2, 0.25) is 5.95 Å². The average Bonchev–Trinajstić information content (AvgIpc) is 2.58. The Kier molecular flexibility index (Phi) is 4.24. The lowest BCUT2D eigenvalue weighted by Gasteiger charge is -2.09. The summed E-state index contributed by atoms with van der Waals surface area (Å²) in [6.45, 7) is 0. The largest absolute Gasteiger partial charge is 0.497 e.